The largest absolute Gasteiger partial charge is 0.373 e. The van der Waals surface area contributed by atoms with E-state index in [1.54, 1.807) is 0 Å². The molecule has 2 N–H and O–H groups in total. The van der Waals surface area contributed by atoms with Gasteiger partial charge in [-0.05, 0) is 18.8 Å². The lowest BCUT2D eigenvalue weighted by Gasteiger charge is -2.21. The Morgan fingerprint density at radius 1 is 1.42 bits per heavy atom. The smallest absolute Gasteiger partial charge is 0.0758 e. The van der Waals surface area contributed by atoms with Crippen LogP contribution in [-0.4, -0.2) is 18.2 Å². The fraction of sp³-hybridized carbons (Fsp3) is 1.00. The quantitative estimate of drug-likeness (QED) is 0.687. The monoisotopic (exact) mass is 171 g/mol. The Balaban J connectivity index is 2.58. The number of ether oxygens (including phenoxy) is 1. The second-order valence-electron chi connectivity index (χ2n) is 4.13. The molecule has 1 fully saturated rings. The average Bonchev–Trinajstić information content (AvgIpc) is 2.32. The maximum absolute atomic E-state index is 6.06. The first-order chi connectivity index (χ1) is 5.57. The Kier molecular flexibility index (Phi) is 3.13. The fourth-order valence-corrected chi connectivity index (χ4v) is 1.82. The van der Waals surface area contributed by atoms with Crippen molar-refractivity contribution < 1.29 is 4.74 Å². The van der Waals surface area contributed by atoms with E-state index in [1.807, 2.05) is 0 Å². The summed E-state index contributed by atoms with van der Waals surface area (Å²) in [5.74, 6) is 1.09. The first-order valence-electron chi connectivity index (χ1n) is 4.99. The minimum atomic E-state index is 0.231. The standard InChI is InChI=1S/C10H21NO/c1-5-6(2)10-9(11)7(3)8(4)12-10/h6-10H,5,11H2,1-4H3. The van der Waals surface area contributed by atoms with Gasteiger partial charge in [0.2, 0.25) is 0 Å². The third-order valence-electron chi connectivity index (χ3n) is 3.30. The van der Waals surface area contributed by atoms with E-state index in [2.05, 4.69) is 27.7 Å². The SMILES string of the molecule is CCC(C)C1OC(C)C(C)C1N. The van der Waals surface area contributed by atoms with Crippen molar-refractivity contribution in [1.82, 2.24) is 0 Å². The zero-order valence-corrected chi connectivity index (χ0v) is 8.58. The molecule has 0 aromatic rings. The van der Waals surface area contributed by atoms with Gasteiger partial charge in [0.1, 0.15) is 0 Å². The van der Waals surface area contributed by atoms with Crippen LogP contribution in [0.25, 0.3) is 0 Å². The Hall–Kier alpha value is -0.0800. The molecule has 1 saturated heterocycles. The third-order valence-corrected chi connectivity index (χ3v) is 3.30. The zero-order valence-electron chi connectivity index (χ0n) is 8.58. The Labute approximate surface area is 75.5 Å². The van der Waals surface area contributed by atoms with Crippen molar-refractivity contribution in [3.63, 3.8) is 0 Å². The van der Waals surface area contributed by atoms with Gasteiger partial charge >= 0.3 is 0 Å². The molecule has 5 atom stereocenters. The third kappa shape index (κ3) is 1.64. The molecule has 12 heavy (non-hydrogen) atoms. The van der Waals surface area contributed by atoms with Gasteiger partial charge in [-0.3, -0.25) is 0 Å². The molecule has 0 bridgehead atoms. The van der Waals surface area contributed by atoms with E-state index in [9.17, 15) is 0 Å². The van der Waals surface area contributed by atoms with Gasteiger partial charge < -0.3 is 10.5 Å². The molecule has 1 heterocycles. The fourth-order valence-electron chi connectivity index (χ4n) is 1.82. The normalized spacial score (nSPS) is 44.8. The summed E-state index contributed by atoms with van der Waals surface area (Å²) in [4.78, 5) is 0. The molecule has 0 aliphatic carbocycles. The van der Waals surface area contributed by atoms with Crippen LogP contribution in [0, 0.1) is 11.8 Å². The zero-order chi connectivity index (χ0) is 9.30. The molecule has 2 heteroatoms. The van der Waals surface area contributed by atoms with Crippen LogP contribution in [0.1, 0.15) is 34.1 Å². The van der Waals surface area contributed by atoms with E-state index >= 15 is 0 Å². The summed E-state index contributed by atoms with van der Waals surface area (Å²) in [6.07, 6.45) is 1.76. The molecular formula is C10H21NO. The highest BCUT2D eigenvalue weighted by Crippen LogP contribution is 2.30. The van der Waals surface area contributed by atoms with Gasteiger partial charge in [-0.2, -0.15) is 0 Å². The summed E-state index contributed by atoms with van der Waals surface area (Å²) in [5.41, 5.74) is 6.06. The first-order valence-corrected chi connectivity index (χ1v) is 4.99. The van der Waals surface area contributed by atoms with Crippen molar-refractivity contribution in [1.29, 1.82) is 0 Å². The van der Waals surface area contributed by atoms with Crippen LogP contribution in [-0.2, 0) is 4.74 Å². The van der Waals surface area contributed by atoms with Crippen molar-refractivity contribution in [3.8, 4) is 0 Å². The predicted molar refractivity (Wildman–Crippen MR) is 50.9 cm³/mol. The van der Waals surface area contributed by atoms with Crippen molar-refractivity contribution in [2.24, 2.45) is 17.6 Å². The highest BCUT2D eigenvalue weighted by Gasteiger charge is 2.39. The van der Waals surface area contributed by atoms with Crippen molar-refractivity contribution >= 4 is 0 Å². The molecule has 72 valence electrons. The number of hydrogen-bond donors (Lipinski definition) is 1. The molecule has 0 radical (unpaired) electrons. The van der Waals surface area contributed by atoms with E-state index in [-0.39, 0.29) is 12.1 Å². The van der Waals surface area contributed by atoms with E-state index in [0.29, 0.717) is 17.9 Å². The molecule has 0 aromatic carbocycles. The molecule has 2 nitrogen and oxygen atoms in total. The number of nitrogens with two attached hydrogens (primary N) is 1. The van der Waals surface area contributed by atoms with Gasteiger partial charge in [-0.25, -0.2) is 0 Å². The molecule has 0 saturated carbocycles. The van der Waals surface area contributed by atoms with Gasteiger partial charge in [0, 0.05) is 6.04 Å². The molecule has 1 aliphatic rings. The van der Waals surface area contributed by atoms with Crippen LogP contribution in [0.4, 0.5) is 0 Å². The maximum atomic E-state index is 6.06. The topological polar surface area (TPSA) is 35.2 Å². The van der Waals surface area contributed by atoms with Crippen LogP contribution in [0.5, 0.6) is 0 Å². The number of hydrogen-bond acceptors (Lipinski definition) is 2. The summed E-state index contributed by atoms with van der Waals surface area (Å²) < 4.78 is 5.81. The van der Waals surface area contributed by atoms with Crippen molar-refractivity contribution in [2.75, 3.05) is 0 Å². The summed E-state index contributed by atoms with van der Waals surface area (Å²) in [5, 5.41) is 0. The molecule has 0 amide bonds. The van der Waals surface area contributed by atoms with Gasteiger partial charge in [0.25, 0.3) is 0 Å². The van der Waals surface area contributed by atoms with Crippen LogP contribution in [0.3, 0.4) is 0 Å². The highest BCUT2D eigenvalue weighted by molar-refractivity contribution is 4.91. The molecule has 0 aromatic heterocycles. The van der Waals surface area contributed by atoms with Crippen LogP contribution >= 0.6 is 0 Å². The lowest BCUT2D eigenvalue weighted by Crippen LogP contribution is -2.38. The summed E-state index contributed by atoms with van der Waals surface area (Å²) in [6.45, 7) is 8.70. The Morgan fingerprint density at radius 2 is 2.00 bits per heavy atom. The Morgan fingerprint density at radius 3 is 2.33 bits per heavy atom. The summed E-state index contributed by atoms with van der Waals surface area (Å²) >= 11 is 0. The second-order valence-corrected chi connectivity index (χ2v) is 4.13. The van der Waals surface area contributed by atoms with Crippen molar-refractivity contribution in [3.05, 3.63) is 0 Å². The van der Waals surface area contributed by atoms with E-state index in [4.69, 9.17) is 10.5 Å². The van der Waals surface area contributed by atoms with Crippen LogP contribution in [0.2, 0.25) is 0 Å². The second kappa shape index (κ2) is 3.75. The van der Waals surface area contributed by atoms with Gasteiger partial charge in [-0.1, -0.05) is 27.2 Å². The molecule has 5 unspecified atom stereocenters. The maximum Gasteiger partial charge on any atom is 0.0758 e. The lowest BCUT2D eigenvalue weighted by atomic mass is 9.90. The van der Waals surface area contributed by atoms with Gasteiger partial charge in [0.15, 0.2) is 0 Å². The van der Waals surface area contributed by atoms with Crippen molar-refractivity contribution in [2.45, 2.75) is 52.4 Å². The summed E-state index contributed by atoms with van der Waals surface area (Å²) in [7, 11) is 0. The minimum absolute atomic E-state index is 0.231. The van der Waals surface area contributed by atoms with E-state index < -0.39 is 0 Å². The predicted octanol–water partition coefficient (Wildman–Crippen LogP) is 1.78. The van der Waals surface area contributed by atoms with Crippen LogP contribution < -0.4 is 5.73 Å². The lowest BCUT2D eigenvalue weighted by molar-refractivity contribution is 0.0144. The molecule has 1 aliphatic heterocycles. The highest BCUT2D eigenvalue weighted by atomic mass is 16.5. The first kappa shape index (κ1) is 10.0. The summed E-state index contributed by atoms with van der Waals surface area (Å²) in [6, 6.07) is 0.231. The molecule has 0 spiro atoms. The average molecular weight is 171 g/mol. The van der Waals surface area contributed by atoms with E-state index in [0.717, 1.165) is 6.42 Å². The number of rotatable bonds is 2. The Bertz CT molecular complexity index is 149. The van der Waals surface area contributed by atoms with Crippen LogP contribution in [0.15, 0.2) is 0 Å². The minimum Gasteiger partial charge on any atom is -0.373 e. The van der Waals surface area contributed by atoms with Gasteiger partial charge in [0.05, 0.1) is 12.2 Å². The molecular weight excluding hydrogens is 150 g/mol. The van der Waals surface area contributed by atoms with Gasteiger partial charge in [-0.15, -0.1) is 0 Å². The molecule has 1 rings (SSSR count). The van der Waals surface area contributed by atoms with E-state index in [1.165, 1.54) is 0 Å².